The van der Waals surface area contributed by atoms with Crippen LogP contribution >= 0.6 is 0 Å². The van der Waals surface area contributed by atoms with Crippen LogP contribution in [0.2, 0.25) is 0 Å². The van der Waals surface area contributed by atoms with Crippen LogP contribution in [-0.4, -0.2) is 28.2 Å². The van der Waals surface area contributed by atoms with Crippen molar-refractivity contribution in [2.24, 2.45) is 0 Å². The minimum atomic E-state index is -3.55. The van der Waals surface area contributed by atoms with E-state index in [-0.39, 0.29) is 17.5 Å². The molecule has 0 fully saturated rings. The van der Waals surface area contributed by atoms with Crippen molar-refractivity contribution in [1.82, 2.24) is 4.72 Å². The van der Waals surface area contributed by atoms with E-state index in [0.717, 1.165) is 5.56 Å². The maximum absolute atomic E-state index is 12.2. The van der Waals surface area contributed by atoms with Crippen LogP contribution in [0.15, 0.2) is 47.4 Å². The molecule has 0 heterocycles. The summed E-state index contributed by atoms with van der Waals surface area (Å²) < 4.78 is 38.1. The molecule has 0 unspecified atom stereocenters. The molecule has 7 heteroatoms. The fraction of sp³-hybridized carbons (Fsp3) is 0.333. The number of hydrogen-bond acceptors (Lipinski definition) is 5. The van der Waals surface area contributed by atoms with E-state index in [0.29, 0.717) is 23.6 Å². The second-order valence-electron chi connectivity index (χ2n) is 5.87. The van der Waals surface area contributed by atoms with Gasteiger partial charge in [-0.05, 0) is 62.2 Å². The van der Waals surface area contributed by atoms with Crippen molar-refractivity contribution < 1.29 is 17.9 Å². The third-order valence-corrected chi connectivity index (χ3v) is 4.96. The lowest BCUT2D eigenvalue weighted by atomic mass is 10.1. The molecule has 2 aromatic carbocycles. The second-order valence-corrected chi connectivity index (χ2v) is 7.64. The number of benzene rings is 2. The Bertz CT molecular complexity index is 802. The molecule has 0 bridgehead atoms. The smallest absolute Gasteiger partial charge is 0.240 e. The highest BCUT2D eigenvalue weighted by Crippen LogP contribution is 2.29. The lowest BCUT2D eigenvalue weighted by molar-refractivity contribution is 0.230. The monoisotopic (exact) mass is 364 g/mol. The minimum Gasteiger partial charge on any atom is -0.493 e. The molecule has 0 spiro atoms. The van der Waals surface area contributed by atoms with Crippen molar-refractivity contribution in [3.8, 4) is 11.5 Å². The van der Waals surface area contributed by atoms with Gasteiger partial charge in [0.2, 0.25) is 10.0 Å². The average molecular weight is 364 g/mol. The summed E-state index contributed by atoms with van der Waals surface area (Å²) >= 11 is 0. The lowest BCUT2D eigenvalue weighted by Crippen LogP contribution is -2.26. The van der Waals surface area contributed by atoms with E-state index in [2.05, 4.69) is 4.72 Å². The van der Waals surface area contributed by atoms with Gasteiger partial charge in [0.05, 0.1) is 18.1 Å². The van der Waals surface area contributed by atoms with Crippen LogP contribution in [0.25, 0.3) is 0 Å². The Morgan fingerprint density at radius 2 is 1.76 bits per heavy atom. The molecule has 0 aliphatic rings. The molecule has 25 heavy (non-hydrogen) atoms. The van der Waals surface area contributed by atoms with Crippen molar-refractivity contribution in [3.63, 3.8) is 0 Å². The van der Waals surface area contributed by atoms with Gasteiger partial charge in [0, 0.05) is 12.2 Å². The van der Waals surface area contributed by atoms with Gasteiger partial charge in [-0.15, -0.1) is 0 Å². The topological polar surface area (TPSA) is 90.7 Å². The quantitative estimate of drug-likeness (QED) is 0.703. The Kier molecular flexibility index (Phi) is 6.27. The number of nitrogen functional groups attached to an aromatic ring is 1. The van der Waals surface area contributed by atoms with Gasteiger partial charge in [-0.2, -0.15) is 0 Å². The van der Waals surface area contributed by atoms with Gasteiger partial charge in [0.1, 0.15) is 0 Å². The Morgan fingerprint density at radius 3 is 2.36 bits per heavy atom. The summed E-state index contributed by atoms with van der Waals surface area (Å²) in [5.41, 5.74) is 7.05. The molecule has 6 nitrogen and oxygen atoms in total. The number of sulfonamides is 1. The number of methoxy groups -OCH3 is 1. The molecular weight excluding hydrogens is 340 g/mol. The van der Waals surface area contributed by atoms with Gasteiger partial charge in [-0.25, -0.2) is 13.1 Å². The molecule has 0 radical (unpaired) electrons. The van der Waals surface area contributed by atoms with E-state index in [1.807, 2.05) is 32.0 Å². The summed E-state index contributed by atoms with van der Waals surface area (Å²) in [7, 11) is -1.97. The summed E-state index contributed by atoms with van der Waals surface area (Å²) in [6.45, 7) is 4.17. The largest absolute Gasteiger partial charge is 0.493 e. The first kappa shape index (κ1) is 19.1. The van der Waals surface area contributed by atoms with Crippen LogP contribution in [0.4, 0.5) is 5.69 Å². The Morgan fingerprint density at radius 1 is 1.08 bits per heavy atom. The fourth-order valence-electron chi connectivity index (χ4n) is 2.28. The number of nitrogens with one attached hydrogen (secondary N) is 1. The highest BCUT2D eigenvalue weighted by molar-refractivity contribution is 7.89. The molecule has 0 aliphatic carbocycles. The standard InChI is InChI=1S/C18H24N2O4S/c1-13(2)24-17-9-4-14(12-18(17)23-3)10-11-20-25(21,22)16-7-5-15(19)6-8-16/h4-9,12-13,20H,10-11,19H2,1-3H3. The highest BCUT2D eigenvalue weighted by atomic mass is 32.2. The maximum atomic E-state index is 12.2. The summed E-state index contributed by atoms with van der Waals surface area (Å²) in [6, 6.07) is 11.7. The summed E-state index contributed by atoms with van der Waals surface area (Å²) in [6.07, 6.45) is 0.582. The van der Waals surface area contributed by atoms with Gasteiger partial charge in [-0.1, -0.05) is 6.07 Å². The van der Waals surface area contributed by atoms with Gasteiger partial charge in [-0.3, -0.25) is 0 Å². The second kappa shape index (κ2) is 8.22. The molecule has 0 aliphatic heterocycles. The normalized spacial score (nSPS) is 11.5. The van der Waals surface area contributed by atoms with Gasteiger partial charge >= 0.3 is 0 Å². The van der Waals surface area contributed by atoms with Crippen molar-refractivity contribution in [3.05, 3.63) is 48.0 Å². The third-order valence-electron chi connectivity index (χ3n) is 3.49. The summed E-state index contributed by atoms with van der Waals surface area (Å²) in [5.74, 6) is 1.30. The van der Waals surface area contributed by atoms with Gasteiger partial charge in [0.15, 0.2) is 11.5 Å². The zero-order chi connectivity index (χ0) is 18.4. The minimum absolute atomic E-state index is 0.0477. The Labute approximate surface area is 149 Å². The van der Waals surface area contributed by atoms with Gasteiger partial charge in [0.25, 0.3) is 0 Å². The number of hydrogen-bond donors (Lipinski definition) is 2. The van der Waals surface area contributed by atoms with Crippen molar-refractivity contribution >= 4 is 15.7 Å². The zero-order valence-corrected chi connectivity index (χ0v) is 15.5. The maximum Gasteiger partial charge on any atom is 0.240 e. The van der Waals surface area contributed by atoms with Crippen LogP contribution in [0.5, 0.6) is 11.5 Å². The van der Waals surface area contributed by atoms with Crippen LogP contribution < -0.4 is 19.9 Å². The van der Waals surface area contributed by atoms with E-state index in [4.69, 9.17) is 15.2 Å². The van der Waals surface area contributed by atoms with Crippen LogP contribution in [0.1, 0.15) is 19.4 Å². The predicted octanol–water partition coefficient (Wildman–Crippen LogP) is 2.59. The average Bonchev–Trinajstić information content (AvgIpc) is 2.56. The summed E-state index contributed by atoms with van der Waals surface area (Å²) in [4.78, 5) is 0.194. The van der Waals surface area contributed by atoms with E-state index in [1.54, 1.807) is 19.2 Å². The number of nitrogens with two attached hydrogens (primary N) is 1. The Balaban J connectivity index is 2.00. The third kappa shape index (κ3) is 5.37. The van der Waals surface area contributed by atoms with Crippen molar-refractivity contribution in [2.45, 2.75) is 31.3 Å². The zero-order valence-electron chi connectivity index (χ0n) is 14.7. The molecule has 0 saturated carbocycles. The van der Waals surface area contributed by atoms with E-state index >= 15 is 0 Å². The SMILES string of the molecule is COc1cc(CCNS(=O)(=O)c2ccc(N)cc2)ccc1OC(C)C. The first-order valence-corrected chi connectivity index (χ1v) is 9.49. The van der Waals surface area contributed by atoms with E-state index in [9.17, 15) is 8.42 Å². The molecule has 0 atom stereocenters. The molecule has 0 saturated heterocycles. The predicted molar refractivity (Wildman–Crippen MR) is 98.5 cm³/mol. The lowest BCUT2D eigenvalue weighted by Gasteiger charge is -2.14. The van der Waals surface area contributed by atoms with Crippen LogP contribution in [0, 0.1) is 0 Å². The molecule has 3 N–H and O–H groups in total. The number of anilines is 1. The fourth-order valence-corrected chi connectivity index (χ4v) is 3.31. The number of rotatable bonds is 8. The molecule has 0 amide bonds. The van der Waals surface area contributed by atoms with Crippen molar-refractivity contribution in [2.75, 3.05) is 19.4 Å². The summed E-state index contributed by atoms with van der Waals surface area (Å²) in [5, 5.41) is 0. The van der Waals surface area contributed by atoms with Crippen LogP contribution in [0.3, 0.4) is 0 Å². The molecule has 136 valence electrons. The molecule has 0 aromatic heterocycles. The molecular formula is C18H24N2O4S. The highest BCUT2D eigenvalue weighted by Gasteiger charge is 2.13. The Hall–Kier alpha value is -2.25. The van der Waals surface area contributed by atoms with Crippen molar-refractivity contribution in [1.29, 1.82) is 0 Å². The molecule has 2 aromatic rings. The molecule has 2 rings (SSSR count). The van der Waals surface area contributed by atoms with Crippen LogP contribution in [-0.2, 0) is 16.4 Å². The first-order valence-electron chi connectivity index (χ1n) is 8.00. The van der Waals surface area contributed by atoms with E-state index in [1.165, 1.54) is 12.1 Å². The number of ether oxygens (including phenoxy) is 2. The first-order chi connectivity index (χ1) is 11.8. The van der Waals surface area contributed by atoms with E-state index < -0.39 is 10.0 Å². The van der Waals surface area contributed by atoms with Gasteiger partial charge < -0.3 is 15.2 Å².